The van der Waals surface area contributed by atoms with Gasteiger partial charge >= 0.3 is 0 Å². The standard InChI is InChI=1S/C19H18FN3O3S/c1-25-15-8-10-16(11-9-15)26-12-2-3-17(24)21-19-22-18(23-27-19)13-4-6-14(20)7-5-13/h4-11H,2-3,12H2,1H3,(H,21,22,23,24). The molecular weight excluding hydrogens is 369 g/mol. The molecule has 0 aliphatic heterocycles. The number of benzene rings is 2. The number of aromatic nitrogens is 2. The van der Waals surface area contributed by atoms with Crippen LogP contribution in [0, 0.1) is 5.82 Å². The quantitative estimate of drug-likeness (QED) is 0.588. The molecule has 6 nitrogen and oxygen atoms in total. The van der Waals surface area contributed by atoms with Crippen LogP contribution in [0.2, 0.25) is 0 Å². The van der Waals surface area contributed by atoms with Gasteiger partial charge in [0.15, 0.2) is 5.82 Å². The monoisotopic (exact) mass is 387 g/mol. The third kappa shape index (κ3) is 5.49. The Kier molecular flexibility index (Phi) is 6.32. The van der Waals surface area contributed by atoms with Gasteiger partial charge in [0, 0.05) is 23.5 Å². The molecule has 3 aromatic rings. The third-order valence-corrected chi connectivity index (χ3v) is 4.28. The SMILES string of the molecule is COc1ccc(OCCCC(=O)Nc2nc(-c3ccc(F)cc3)ns2)cc1. The summed E-state index contributed by atoms with van der Waals surface area (Å²) in [5.74, 6) is 1.47. The number of anilines is 1. The van der Waals surface area contributed by atoms with Crippen LogP contribution in [0.5, 0.6) is 11.5 Å². The molecule has 1 aromatic heterocycles. The number of hydrogen-bond donors (Lipinski definition) is 1. The van der Waals surface area contributed by atoms with Crippen molar-refractivity contribution in [3.05, 3.63) is 54.3 Å². The van der Waals surface area contributed by atoms with Gasteiger partial charge in [0.1, 0.15) is 17.3 Å². The van der Waals surface area contributed by atoms with Crippen LogP contribution in [0.25, 0.3) is 11.4 Å². The van der Waals surface area contributed by atoms with Crippen LogP contribution in [0.1, 0.15) is 12.8 Å². The molecule has 1 amide bonds. The molecule has 3 rings (SSSR count). The van der Waals surface area contributed by atoms with Gasteiger partial charge in [-0.1, -0.05) is 0 Å². The number of carbonyl (C=O) groups excluding carboxylic acids is 1. The number of nitrogens with zero attached hydrogens (tertiary/aromatic N) is 2. The highest BCUT2D eigenvalue weighted by Crippen LogP contribution is 2.21. The Bertz CT molecular complexity index is 882. The Hall–Kier alpha value is -3.00. The maximum absolute atomic E-state index is 13.0. The Morgan fingerprint density at radius 2 is 1.81 bits per heavy atom. The van der Waals surface area contributed by atoms with Gasteiger partial charge in [-0.15, -0.1) is 0 Å². The van der Waals surface area contributed by atoms with Crippen molar-refractivity contribution in [1.29, 1.82) is 0 Å². The molecule has 27 heavy (non-hydrogen) atoms. The second kappa shape index (κ2) is 9.09. The van der Waals surface area contributed by atoms with Crippen LogP contribution in [-0.4, -0.2) is 29.0 Å². The molecule has 140 valence electrons. The number of methoxy groups -OCH3 is 1. The second-order valence-corrected chi connectivity index (χ2v) is 6.36. The van der Waals surface area contributed by atoms with Crippen molar-refractivity contribution in [1.82, 2.24) is 9.36 Å². The van der Waals surface area contributed by atoms with E-state index in [0.29, 0.717) is 36.0 Å². The van der Waals surface area contributed by atoms with Gasteiger partial charge in [0.25, 0.3) is 0 Å². The predicted molar refractivity (Wildman–Crippen MR) is 102 cm³/mol. The van der Waals surface area contributed by atoms with E-state index in [1.165, 1.54) is 12.1 Å². The van der Waals surface area contributed by atoms with E-state index in [9.17, 15) is 9.18 Å². The number of amides is 1. The molecule has 0 bridgehead atoms. The molecule has 0 unspecified atom stereocenters. The minimum absolute atomic E-state index is 0.157. The fraction of sp³-hybridized carbons (Fsp3) is 0.211. The molecule has 0 radical (unpaired) electrons. The first-order valence-corrected chi connectivity index (χ1v) is 9.08. The summed E-state index contributed by atoms with van der Waals surface area (Å²) in [7, 11) is 1.61. The molecule has 0 saturated carbocycles. The van der Waals surface area contributed by atoms with Gasteiger partial charge in [0.2, 0.25) is 11.0 Å². The van der Waals surface area contributed by atoms with Crippen molar-refractivity contribution >= 4 is 22.6 Å². The van der Waals surface area contributed by atoms with Gasteiger partial charge in [-0.05, 0) is 55.0 Å². The van der Waals surface area contributed by atoms with Gasteiger partial charge in [-0.2, -0.15) is 9.36 Å². The first-order valence-electron chi connectivity index (χ1n) is 8.30. The summed E-state index contributed by atoms with van der Waals surface area (Å²) in [5, 5.41) is 3.13. The van der Waals surface area contributed by atoms with Gasteiger partial charge < -0.3 is 14.8 Å². The number of rotatable bonds is 8. The zero-order valence-electron chi connectivity index (χ0n) is 14.6. The normalized spacial score (nSPS) is 10.4. The summed E-state index contributed by atoms with van der Waals surface area (Å²) < 4.78 is 27.8. The van der Waals surface area contributed by atoms with E-state index < -0.39 is 0 Å². The summed E-state index contributed by atoms with van der Waals surface area (Å²) in [5.41, 5.74) is 0.695. The molecule has 8 heteroatoms. The second-order valence-electron chi connectivity index (χ2n) is 5.61. The molecule has 0 atom stereocenters. The molecule has 2 aromatic carbocycles. The zero-order chi connectivity index (χ0) is 19.1. The van der Waals surface area contributed by atoms with Crippen LogP contribution >= 0.6 is 11.5 Å². The lowest BCUT2D eigenvalue weighted by molar-refractivity contribution is -0.116. The maximum Gasteiger partial charge on any atom is 0.226 e. The van der Waals surface area contributed by atoms with Crippen LogP contribution in [0.15, 0.2) is 48.5 Å². The smallest absolute Gasteiger partial charge is 0.226 e. The van der Waals surface area contributed by atoms with E-state index in [1.54, 1.807) is 19.2 Å². The minimum atomic E-state index is -0.320. The highest BCUT2D eigenvalue weighted by molar-refractivity contribution is 7.10. The van der Waals surface area contributed by atoms with Gasteiger partial charge in [-0.3, -0.25) is 4.79 Å². The van der Waals surface area contributed by atoms with Gasteiger partial charge in [-0.25, -0.2) is 4.39 Å². The fourth-order valence-electron chi connectivity index (χ4n) is 2.27. The average molecular weight is 387 g/mol. The number of nitrogens with one attached hydrogen (secondary N) is 1. The van der Waals surface area contributed by atoms with Crippen LogP contribution in [-0.2, 0) is 4.79 Å². The van der Waals surface area contributed by atoms with Crippen LogP contribution in [0.3, 0.4) is 0 Å². The number of hydrogen-bond acceptors (Lipinski definition) is 6. The van der Waals surface area contributed by atoms with Crippen molar-refractivity contribution < 1.29 is 18.7 Å². The number of halogens is 1. The molecule has 1 N–H and O–H groups in total. The van der Waals surface area contributed by atoms with Crippen LogP contribution < -0.4 is 14.8 Å². The predicted octanol–water partition coefficient (Wildman–Crippen LogP) is 4.15. The highest BCUT2D eigenvalue weighted by Gasteiger charge is 2.10. The maximum atomic E-state index is 13.0. The van der Waals surface area contributed by atoms with E-state index in [4.69, 9.17) is 9.47 Å². The van der Waals surface area contributed by atoms with Crippen LogP contribution in [0.4, 0.5) is 9.52 Å². The number of ether oxygens (including phenoxy) is 2. The largest absolute Gasteiger partial charge is 0.497 e. The first kappa shape index (κ1) is 18.8. The Morgan fingerprint density at radius 1 is 1.11 bits per heavy atom. The van der Waals surface area contributed by atoms with E-state index in [-0.39, 0.29) is 11.7 Å². The minimum Gasteiger partial charge on any atom is -0.497 e. The molecule has 0 spiro atoms. The Balaban J connectivity index is 1.42. The summed E-state index contributed by atoms with van der Waals surface area (Å²) in [6.45, 7) is 0.427. The summed E-state index contributed by atoms with van der Waals surface area (Å²) in [4.78, 5) is 16.3. The molecular formula is C19H18FN3O3S. The molecule has 0 saturated heterocycles. The Labute approximate surface area is 160 Å². The molecule has 0 aliphatic carbocycles. The Morgan fingerprint density at radius 3 is 2.52 bits per heavy atom. The summed E-state index contributed by atoms with van der Waals surface area (Å²) in [6, 6.07) is 13.1. The molecule has 0 aliphatic rings. The van der Waals surface area contributed by atoms with Crippen molar-refractivity contribution in [2.75, 3.05) is 19.0 Å². The highest BCUT2D eigenvalue weighted by atomic mass is 32.1. The van der Waals surface area contributed by atoms with E-state index in [0.717, 1.165) is 23.0 Å². The van der Waals surface area contributed by atoms with E-state index >= 15 is 0 Å². The van der Waals surface area contributed by atoms with E-state index in [1.807, 2.05) is 24.3 Å². The zero-order valence-corrected chi connectivity index (χ0v) is 15.5. The first-order chi connectivity index (χ1) is 13.1. The lowest BCUT2D eigenvalue weighted by Gasteiger charge is -2.06. The third-order valence-electron chi connectivity index (χ3n) is 3.65. The van der Waals surface area contributed by atoms with Crippen molar-refractivity contribution in [2.45, 2.75) is 12.8 Å². The summed E-state index contributed by atoms with van der Waals surface area (Å²) in [6.07, 6.45) is 0.878. The summed E-state index contributed by atoms with van der Waals surface area (Å²) >= 11 is 1.09. The fourth-order valence-corrected chi connectivity index (χ4v) is 2.87. The number of carbonyl (C=O) groups is 1. The van der Waals surface area contributed by atoms with Crippen molar-refractivity contribution in [2.24, 2.45) is 0 Å². The van der Waals surface area contributed by atoms with Gasteiger partial charge in [0.05, 0.1) is 13.7 Å². The average Bonchev–Trinajstić information content (AvgIpc) is 3.14. The lowest BCUT2D eigenvalue weighted by atomic mass is 10.2. The molecule has 0 fully saturated rings. The lowest BCUT2D eigenvalue weighted by Crippen LogP contribution is -2.12. The van der Waals surface area contributed by atoms with Crippen molar-refractivity contribution in [3.8, 4) is 22.9 Å². The van der Waals surface area contributed by atoms with Crippen molar-refractivity contribution in [3.63, 3.8) is 0 Å². The molecule has 1 heterocycles. The van der Waals surface area contributed by atoms with E-state index in [2.05, 4.69) is 14.7 Å². The topological polar surface area (TPSA) is 73.3 Å².